The number of aliphatic hydroxyl groups excluding tert-OH is 1. The lowest BCUT2D eigenvalue weighted by molar-refractivity contribution is -0.320. The Balaban J connectivity index is 2.22. The van der Waals surface area contributed by atoms with E-state index < -0.39 is 30.7 Å². The van der Waals surface area contributed by atoms with Crippen LogP contribution in [0, 0.1) is 37.0 Å². The summed E-state index contributed by atoms with van der Waals surface area (Å²) in [4.78, 5) is 0. The summed E-state index contributed by atoms with van der Waals surface area (Å²) in [6.07, 6.45) is 12.3. The Labute approximate surface area is 166 Å². The van der Waals surface area contributed by atoms with Crippen molar-refractivity contribution in [2.75, 3.05) is 26.4 Å². The molecule has 1 aromatic carbocycles. The van der Waals surface area contributed by atoms with Gasteiger partial charge in [0.15, 0.2) is 6.29 Å². The molecule has 28 heavy (non-hydrogen) atoms. The van der Waals surface area contributed by atoms with Crippen molar-refractivity contribution in [1.82, 2.24) is 0 Å². The molecule has 0 unspecified atom stereocenters. The summed E-state index contributed by atoms with van der Waals surface area (Å²) < 4.78 is 29.0. The first kappa shape index (κ1) is 22.0. The second-order valence-corrected chi connectivity index (χ2v) is 5.96. The summed E-state index contributed by atoms with van der Waals surface area (Å²) in [6.45, 7) is -0.00577. The quantitative estimate of drug-likeness (QED) is 0.607. The van der Waals surface area contributed by atoms with Crippen LogP contribution < -0.4 is 0 Å². The summed E-state index contributed by atoms with van der Waals surface area (Å²) in [5, 5.41) is 9.79. The lowest BCUT2D eigenvalue weighted by atomic mass is 9.98. The highest BCUT2D eigenvalue weighted by Gasteiger charge is 2.48. The molecule has 0 aromatic heterocycles. The SMILES string of the molecule is C#CCO[C@@H]1[C@H](OCC#C)[C@@H](OCc2ccccc2)O[C@H](CO)[C@H]1OCC#C. The number of hydrogen-bond donors (Lipinski definition) is 1. The fourth-order valence-corrected chi connectivity index (χ4v) is 2.91. The first-order valence-electron chi connectivity index (χ1n) is 8.82. The van der Waals surface area contributed by atoms with Crippen LogP contribution in [0.3, 0.4) is 0 Å². The van der Waals surface area contributed by atoms with Crippen molar-refractivity contribution in [3.8, 4) is 37.0 Å². The molecule has 148 valence electrons. The topological polar surface area (TPSA) is 66.4 Å². The molecule has 1 heterocycles. The summed E-state index contributed by atoms with van der Waals surface area (Å²) in [7, 11) is 0. The van der Waals surface area contributed by atoms with Gasteiger partial charge in [-0.3, -0.25) is 0 Å². The van der Waals surface area contributed by atoms with Gasteiger partial charge in [0.2, 0.25) is 0 Å². The Morgan fingerprint density at radius 2 is 1.39 bits per heavy atom. The molecule has 0 bridgehead atoms. The molecule has 1 saturated heterocycles. The monoisotopic (exact) mass is 384 g/mol. The zero-order valence-electron chi connectivity index (χ0n) is 15.5. The van der Waals surface area contributed by atoms with Crippen LogP contribution in [0.1, 0.15) is 5.56 Å². The molecule has 1 aliphatic heterocycles. The van der Waals surface area contributed by atoms with E-state index in [-0.39, 0.29) is 33.0 Å². The smallest absolute Gasteiger partial charge is 0.187 e. The van der Waals surface area contributed by atoms with Gasteiger partial charge in [0, 0.05) is 0 Å². The van der Waals surface area contributed by atoms with Crippen molar-refractivity contribution in [1.29, 1.82) is 0 Å². The highest BCUT2D eigenvalue weighted by molar-refractivity contribution is 5.13. The van der Waals surface area contributed by atoms with Crippen LogP contribution in [0.15, 0.2) is 30.3 Å². The molecule has 1 N–H and O–H groups in total. The van der Waals surface area contributed by atoms with Gasteiger partial charge in [-0.2, -0.15) is 0 Å². The third kappa shape index (κ3) is 6.09. The zero-order valence-corrected chi connectivity index (χ0v) is 15.5. The molecule has 1 aliphatic rings. The average molecular weight is 384 g/mol. The van der Waals surface area contributed by atoms with Crippen LogP contribution in [-0.4, -0.2) is 62.2 Å². The number of ether oxygens (including phenoxy) is 5. The van der Waals surface area contributed by atoms with E-state index in [1.54, 1.807) is 0 Å². The van der Waals surface area contributed by atoms with E-state index >= 15 is 0 Å². The van der Waals surface area contributed by atoms with Crippen LogP contribution in [-0.2, 0) is 30.3 Å². The van der Waals surface area contributed by atoms with Gasteiger partial charge in [0.1, 0.15) is 44.2 Å². The number of terminal acetylenes is 3. The molecule has 0 radical (unpaired) electrons. The Morgan fingerprint density at radius 1 is 0.821 bits per heavy atom. The highest BCUT2D eigenvalue weighted by atomic mass is 16.7. The minimum absolute atomic E-state index is 0.0117. The summed E-state index contributed by atoms with van der Waals surface area (Å²) >= 11 is 0. The predicted octanol–water partition coefficient (Wildman–Crippen LogP) is 0.976. The molecule has 0 spiro atoms. The maximum atomic E-state index is 9.79. The molecule has 6 nitrogen and oxygen atoms in total. The van der Waals surface area contributed by atoms with Crippen molar-refractivity contribution >= 4 is 0 Å². The van der Waals surface area contributed by atoms with Crippen molar-refractivity contribution in [2.24, 2.45) is 0 Å². The van der Waals surface area contributed by atoms with Gasteiger partial charge in [0.25, 0.3) is 0 Å². The normalized spacial score (nSPS) is 26.7. The zero-order chi connectivity index (χ0) is 20.2. The molecule has 0 saturated carbocycles. The largest absolute Gasteiger partial charge is 0.394 e. The van der Waals surface area contributed by atoms with Gasteiger partial charge < -0.3 is 28.8 Å². The van der Waals surface area contributed by atoms with Gasteiger partial charge in [-0.25, -0.2) is 0 Å². The van der Waals surface area contributed by atoms with E-state index in [2.05, 4.69) is 17.8 Å². The second kappa shape index (κ2) is 12.2. The number of aliphatic hydroxyl groups is 1. The fourth-order valence-electron chi connectivity index (χ4n) is 2.91. The van der Waals surface area contributed by atoms with Crippen LogP contribution in [0.5, 0.6) is 0 Å². The first-order valence-corrected chi connectivity index (χ1v) is 8.82. The van der Waals surface area contributed by atoms with E-state index in [1.165, 1.54) is 0 Å². The number of rotatable bonds is 10. The Hall–Kier alpha value is -2.34. The molecule has 5 atom stereocenters. The average Bonchev–Trinajstić information content (AvgIpc) is 2.74. The highest BCUT2D eigenvalue weighted by Crippen LogP contribution is 2.29. The predicted molar refractivity (Wildman–Crippen MR) is 103 cm³/mol. The van der Waals surface area contributed by atoms with Crippen LogP contribution in [0.2, 0.25) is 0 Å². The molecular weight excluding hydrogens is 360 g/mol. The molecule has 6 heteroatoms. The Bertz CT molecular complexity index is 698. The van der Waals surface area contributed by atoms with E-state index in [4.69, 9.17) is 43.0 Å². The Morgan fingerprint density at radius 3 is 1.96 bits per heavy atom. The molecule has 1 fully saturated rings. The molecule has 1 aromatic rings. The van der Waals surface area contributed by atoms with Crippen LogP contribution >= 0.6 is 0 Å². The van der Waals surface area contributed by atoms with Gasteiger partial charge in [-0.15, -0.1) is 19.3 Å². The van der Waals surface area contributed by atoms with Crippen molar-refractivity contribution in [3.05, 3.63) is 35.9 Å². The second-order valence-electron chi connectivity index (χ2n) is 5.96. The van der Waals surface area contributed by atoms with E-state index in [9.17, 15) is 5.11 Å². The first-order chi connectivity index (χ1) is 13.7. The minimum atomic E-state index is -0.848. The van der Waals surface area contributed by atoms with Gasteiger partial charge in [-0.1, -0.05) is 48.1 Å². The lowest BCUT2D eigenvalue weighted by Gasteiger charge is -2.44. The minimum Gasteiger partial charge on any atom is -0.394 e. The molecule has 0 amide bonds. The summed E-state index contributed by atoms with van der Waals surface area (Å²) in [5.74, 6) is 7.23. The maximum absolute atomic E-state index is 9.79. The Kier molecular flexibility index (Phi) is 9.55. The van der Waals surface area contributed by atoms with Gasteiger partial charge in [0.05, 0.1) is 13.2 Å². The number of hydrogen-bond acceptors (Lipinski definition) is 6. The maximum Gasteiger partial charge on any atom is 0.187 e. The standard InChI is InChI=1S/C22H24O6/c1-4-12-24-19-18(15-23)28-22(27-16-17-10-8-7-9-11-17)21(26-14-6-3)20(19)25-13-5-2/h1-3,7-11,18-23H,12-16H2/t18-,19-,20+,21+,22+/m1/s1. The van der Waals surface area contributed by atoms with Crippen molar-refractivity contribution in [2.45, 2.75) is 37.3 Å². The summed E-state index contributed by atoms with van der Waals surface area (Å²) in [5.41, 5.74) is 0.953. The van der Waals surface area contributed by atoms with Crippen LogP contribution in [0.4, 0.5) is 0 Å². The van der Waals surface area contributed by atoms with Crippen LogP contribution in [0.25, 0.3) is 0 Å². The van der Waals surface area contributed by atoms with E-state index in [0.717, 1.165) is 5.56 Å². The molecule has 0 aliphatic carbocycles. The lowest BCUT2D eigenvalue weighted by Crippen LogP contribution is -2.61. The fraction of sp³-hybridized carbons (Fsp3) is 0.455. The van der Waals surface area contributed by atoms with E-state index in [0.29, 0.717) is 0 Å². The van der Waals surface area contributed by atoms with Gasteiger partial charge >= 0.3 is 0 Å². The molecular formula is C22H24O6. The summed E-state index contributed by atoms with van der Waals surface area (Å²) in [6, 6.07) is 9.58. The third-order valence-corrected chi connectivity index (χ3v) is 4.11. The van der Waals surface area contributed by atoms with Crippen molar-refractivity contribution < 1.29 is 28.8 Å². The van der Waals surface area contributed by atoms with Crippen molar-refractivity contribution in [3.63, 3.8) is 0 Å². The number of benzene rings is 1. The third-order valence-electron chi connectivity index (χ3n) is 4.11. The molecule has 2 rings (SSSR count). The van der Waals surface area contributed by atoms with Gasteiger partial charge in [-0.05, 0) is 5.56 Å². The van der Waals surface area contributed by atoms with E-state index in [1.807, 2.05) is 30.3 Å².